The largest absolute Gasteiger partial charge is 0.371 e. The molecule has 1 saturated heterocycles. The number of aromatic nitrogens is 3. The molecule has 1 fully saturated rings. The van der Waals surface area contributed by atoms with E-state index in [1.165, 1.54) is 29.5 Å². The Morgan fingerprint density at radius 3 is 2.75 bits per heavy atom. The van der Waals surface area contributed by atoms with Gasteiger partial charge in [0, 0.05) is 43.0 Å². The standard InChI is InChI=1S/C23H26N4O/c28-23-15-18-5-1-3-7-20(18)25-27(23)16-17-10-13-26(14-11-17)22-9-12-24-21-8-4-2-6-19(21)22/h2,4,6,8-9,12,15,17H,1,3,5,7,10-11,13-14,16H2. The van der Waals surface area contributed by atoms with Crippen molar-refractivity contribution in [2.24, 2.45) is 5.92 Å². The van der Waals surface area contributed by atoms with E-state index in [1.54, 1.807) is 4.68 Å². The second-order valence-electron chi connectivity index (χ2n) is 8.12. The number of aryl methyl sites for hydroxylation is 2. The quantitative estimate of drug-likeness (QED) is 0.703. The van der Waals surface area contributed by atoms with Crippen molar-refractivity contribution in [2.75, 3.05) is 18.0 Å². The van der Waals surface area contributed by atoms with Crippen molar-refractivity contribution >= 4 is 16.6 Å². The van der Waals surface area contributed by atoms with Gasteiger partial charge in [0.1, 0.15) is 0 Å². The Balaban J connectivity index is 1.29. The van der Waals surface area contributed by atoms with E-state index >= 15 is 0 Å². The van der Waals surface area contributed by atoms with Gasteiger partial charge in [0.15, 0.2) is 0 Å². The molecule has 0 unspecified atom stereocenters. The molecule has 1 aliphatic carbocycles. The van der Waals surface area contributed by atoms with Crippen LogP contribution in [0.25, 0.3) is 10.9 Å². The molecule has 3 aromatic rings. The van der Waals surface area contributed by atoms with Crippen LogP contribution in [-0.2, 0) is 19.4 Å². The summed E-state index contributed by atoms with van der Waals surface area (Å²) in [4.78, 5) is 19.4. The highest BCUT2D eigenvalue weighted by Gasteiger charge is 2.22. The molecule has 0 spiro atoms. The summed E-state index contributed by atoms with van der Waals surface area (Å²) >= 11 is 0. The number of rotatable bonds is 3. The third kappa shape index (κ3) is 3.30. The van der Waals surface area contributed by atoms with Crippen LogP contribution in [0.3, 0.4) is 0 Å². The van der Waals surface area contributed by atoms with Crippen molar-refractivity contribution in [3.63, 3.8) is 0 Å². The second kappa shape index (κ2) is 7.38. The second-order valence-corrected chi connectivity index (χ2v) is 8.12. The lowest BCUT2D eigenvalue weighted by atomic mass is 9.95. The van der Waals surface area contributed by atoms with Gasteiger partial charge in [0.25, 0.3) is 5.56 Å². The van der Waals surface area contributed by atoms with Crippen molar-refractivity contribution in [3.8, 4) is 0 Å². The first kappa shape index (κ1) is 17.4. The normalized spacial score (nSPS) is 17.6. The third-order valence-electron chi connectivity index (χ3n) is 6.29. The summed E-state index contributed by atoms with van der Waals surface area (Å²) in [6.45, 7) is 2.77. The maximum atomic E-state index is 12.5. The molecule has 5 rings (SSSR count). The third-order valence-corrected chi connectivity index (χ3v) is 6.29. The number of hydrogen-bond acceptors (Lipinski definition) is 4. The molecule has 1 aliphatic heterocycles. The first-order valence-corrected chi connectivity index (χ1v) is 10.5. The molecular formula is C23H26N4O. The van der Waals surface area contributed by atoms with Crippen molar-refractivity contribution < 1.29 is 0 Å². The molecule has 0 saturated carbocycles. The van der Waals surface area contributed by atoms with E-state index < -0.39 is 0 Å². The van der Waals surface area contributed by atoms with Crippen molar-refractivity contribution in [1.29, 1.82) is 0 Å². The van der Waals surface area contributed by atoms with Crippen LogP contribution in [0, 0.1) is 5.92 Å². The molecule has 2 aromatic heterocycles. The average Bonchev–Trinajstić information content (AvgIpc) is 2.74. The number of benzene rings is 1. The van der Waals surface area contributed by atoms with Crippen molar-refractivity contribution in [3.05, 3.63) is 64.2 Å². The number of hydrogen-bond donors (Lipinski definition) is 0. The Labute approximate surface area is 165 Å². The Bertz CT molecular complexity index is 1040. The van der Waals surface area contributed by atoms with Crippen LogP contribution in [0.15, 0.2) is 47.4 Å². The lowest BCUT2D eigenvalue weighted by molar-refractivity contribution is 0.332. The monoisotopic (exact) mass is 374 g/mol. The van der Waals surface area contributed by atoms with Gasteiger partial charge in [-0.15, -0.1) is 0 Å². The zero-order valence-electron chi connectivity index (χ0n) is 16.2. The predicted octanol–water partition coefficient (Wildman–Crippen LogP) is 3.59. The lowest BCUT2D eigenvalue weighted by Gasteiger charge is -2.34. The molecule has 0 amide bonds. The summed E-state index contributed by atoms with van der Waals surface area (Å²) in [6.07, 6.45) is 8.47. The van der Waals surface area contributed by atoms with E-state index in [9.17, 15) is 4.79 Å². The van der Waals surface area contributed by atoms with Gasteiger partial charge in [-0.2, -0.15) is 5.10 Å². The maximum Gasteiger partial charge on any atom is 0.267 e. The number of piperidine rings is 1. The van der Waals surface area contributed by atoms with E-state index in [0.717, 1.165) is 56.5 Å². The van der Waals surface area contributed by atoms with Gasteiger partial charge >= 0.3 is 0 Å². The fourth-order valence-electron chi connectivity index (χ4n) is 4.69. The van der Waals surface area contributed by atoms with Gasteiger partial charge in [0.2, 0.25) is 0 Å². The van der Waals surface area contributed by atoms with Crippen molar-refractivity contribution in [2.45, 2.75) is 45.1 Å². The molecule has 0 radical (unpaired) electrons. The maximum absolute atomic E-state index is 12.5. The number of para-hydroxylation sites is 1. The van der Waals surface area contributed by atoms with Crippen LogP contribution in [0.5, 0.6) is 0 Å². The smallest absolute Gasteiger partial charge is 0.267 e. The van der Waals surface area contributed by atoms with Crippen LogP contribution in [0.2, 0.25) is 0 Å². The van der Waals surface area contributed by atoms with Gasteiger partial charge in [0.05, 0.1) is 11.2 Å². The van der Waals surface area contributed by atoms with Crippen LogP contribution in [0.1, 0.15) is 36.9 Å². The van der Waals surface area contributed by atoms with E-state index in [-0.39, 0.29) is 5.56 Å². The molecule has 0 atom stereocenters. The molecule has 2 aliphatic rings. The highest BCUT2D eigenvalue weighted by atomic mass is 16.1. The zero-order valence-corrected chi connectivity index (χ0v) is 16.2. The highest BCUT2D eigenvalue weighted by molar-refractivity contribution is 5.91. The molecule has 0 N–H and O–H groups in total. The summed E-state index contributed by atoms with van der Waals surface area (Å²) < 4.78 is 1.73. The molecule has 0 bridgehead atoms. The van der Waals surface area contributed by atoms with E-state index in [0.29, 0.717) is 5.92 Å². The molecule has 5 nitrogen and oxygen atoms in total. The van der Waals surface area contributed by atoms with E-state index in [4.69, 9.17) is 5.10 Å². The van der Waals surface area contributed by atoms with Crippen LogP contribution < -0.4 is 10.5 Å². The predicted molar refractivity (Wildman–Crippen MR) is 112 cm³/mol. The average molecular weight is 374 g/mol. The Morgan fingerprint density at radius 2 is 1.86 bits per heavy atom. The lowest BCUT2D eigenvalue weighted by Crippen LogP contribution is -2.37. The molecule has 3 heterocycles. The minimum atomic E-state index is 0.0724. The Kier molecular flexibility index (Phi) is 4.59. The number of fused-ring (bicyclic) bond motifs is 2. The van der Waals surface area contributed by atoms with E-state index in [1.807, 2.05) is 18.3 Å². The van der Waals surface area contributed by atoms with Gasteiger partial charge in [-0.3, -0.25) is 9.78 Å². The summed E-state index contributed by atoms with van der Waals surface area (Å²) in [6, 6.07) is 12.3. The first-order valence-electron chi connectivity index (χ1n) is 10.5. The van der Waals surface area contributed by atoms with Crippen LogP contribution >= 0.6 is 0 Å². The van der Waals surface area contributed by atoms with Crippen LogP contribution in [-0.4, -0.2) is 27.9 Å². The summed E-state index contributed by atoms with van der Waals surface area (Å²) in [7, 11) is 0. The Morgan fingerprint density at radius 1 is 1.04 bits per heavy atom. The van der Waals surface area contributed by atoms with Crippen LogP contribution in [0.4, 0.5) is 5.69 Å². The topological polar surface area (TPSA) is 51.0 Å². The summed E-state index contributed by atoms with van der Waals surface area (Å²) in [5.41, 5.74) is 4.71. The number of anilines is 1. The Hall–Kier alpha value is -2.69. The zero-order chi connectivity index (χ0) is 18.9. The van der Waals surface area contributed by atoms with Gasteiger partial charge in [-0.25, -0.2) is 4.68 Å². The first-order chi connectivity index (χ1) is 13.8. The SMILES string of the molecule is O=c1cc2c(nn1CC1CCN(c3ccnc4ccccc34)CC1)CCCC2. The fraction of sp³-hybridized carbons (Fsp3) is 0.435. The highest BCUT2D eigenvalue weighted by Crippen LogP contribution is 2.29. The van der Waals surface area contributed by atoms with Crippen molar-refractivity contribution in [1.82, 2.24) is 14.8 Å². The summed E-state index contributed by atoms with van der Waals surface area (Å²) in [5, 5.41) is 5.93. The number of pyridine rings is 1. The van der Waals surface area contributed by atoms with Gasteiger partial charge in [-0.1, -0.05) is 18.2 Å². The molecule has 1 aromatic carbocycles. The number of nitrogens with zero attached hydrogens (tertiary/aromatic N) is 4. The van der Waals surface area contributed by atoms with Gasteiger partial charge < -0.3 is 4.90 Å². The minimum absolute atomic E-state index is 0.0724. The molecule has 5 heteroatoms. The molecule has 144 valence electrons. The summed E-state index contributed by atoms with van der Waals surface area (Å²) in [5.74, 6) is 0.510. The van der Waals surface area contributed by atoms with E-state index in [2.05, 4.69) is 34.1 Å². The molecular weight excluding hydrogens is 348 g/mol. The van der Waals surface area contributed by atoms with Gasteiger partial charge in [-0.05, 0) is 62.1 Å². The molecule has 28 heavy (non-hydrogen) atoms. The fourth-order valence-corrected chi connectivity index (χ4v) is 4.69. The minimum Gasteiger partial charge on any atom is -0.371 e.